The molecule has 2 saturated heterocycles. The van der Waals surface area contributed by atoms with Crippen LogP contribution in [0, 0.1) is 17.5 Å². The predicted octanol–water partition coefficient (Wildman–Crippen LogP) is 1.04. The van der Waals surface area contributed by atoms with E-state index in [0.29, 0.717) is 6.61 Å². The number of benzene rings is 1. The number of aliphatic hydroxyl groups excluding tert-OH is 1. The number of ether oxygens (including phenoxy) is 3. The Morgan fingerprint density at radius 3 is 2.64 bits per heavy atom. The van der Waals surface area contributed by atoms with Crippen molar-refractivity contribution in [2.24, 2.45) is 0 Å². The van der Waals surface area contributed by atoms with Crippen molar-refractivity contribution in [3.8, 4) is 11.3 Å². The summed E-state index contributed by atoms with van der Waals surface area (Å²) in [6, 6.07) is 1.07. The van der Waals surface area contributed by atoms with E-state index in [1.165, 1.54) is 10.9 Å². The molecule has 0 bridgehead atoms. The molecule has 10 heteroatoms. The second-order valence-electron chi connectivity index (χ2n) is 5.89. The molecular weight excluding hydrogens is 343 g/mol. The van der Waals surface area contributed by atoms with Gasteiger partial charge in [0.05, 0.1) is 19.4 Å². The molecule has 0 aliphatic carbocycles. The predicted molar refractivity (Wildman–Crippen MR) is 75.8 cm³/mol. The molecule has 1 aromatic heterocycles. The fraction of sp³-hybridized carbons (Fsp3) is 0.467. The summed E-state index contributed by atoms with van der Waals surface area (Å²) in [5, 5.41) is 18.1. The lowest BCUT2D eigenvalue weighted by atomic mass is 9.97. The van der Waals surface area contributed by atoms with Crippen LogP contribution in [-0.2, 0) is 14.2 Å². The van der Waals surface area contributed by atoms with Gasteiger partial charge in [-0.1, -0.05) is 5.21 Å². The molecule has 2 aliphatic rings. The first-order valence-electron chi connectivity index (χ1n) is 7.60. The van der Waals surface area contributed by atoms with Gasteiger partial charge in [0.15, 0.2) is 17.5 Å². The zero-order valence-corrected chi connectivity index (χ0v) is 12.8. The van der Waals surface area contributed by atoms with E-state index in [1.807, 2.05) is 0 Å². The Balaban J connectivity index is 1.66. The average Bonchev–Trinajstić information content (AvgIpc) is 3.08. The summed E-state index contributed by atoms with van der Waals surface area (Å²) in [6.07, 6.45) is -0.360. The number of fused-ring (bicyclic) bond motifs is 1. The lowest BCUT2D eigenvalue weighted by Crippen LogP contribution is -2.55. The Kier molecular flexibility index (Phi) is 4.20. The van der Waals surface area contributed by atoms with Crippen LogP contribution in [0.15, 0.2) is 18.3 Å². The molecule has 4 atom stereocenters. The maximum Gasteiger partial charge on any atom is 0.194 e. The van der Waals surface area contributed by atoms with Gasteiger partial charge in [-0.3, -0.25) is 0 Å². The summed E-state index contributed by atoms with van der Waals surface area (Å²) in [5.74, 6) is -4.18. The van der Waals surface area contributed by atoms with E-state index in [4.69, 9.17) is 14.2 Å². The molecular formula is C15H14F3N3O4. The number of aromatic nitrogens is 3. The SMILES string of the molecule is OC1COC2COCOC2C1n1cc(-c2cc(F)c(F)c(F)c2)nn1. The Morgan fingerprint density at radius 2 is 1.88 bits per heavy atom. The largest absolute Gasteiger partial charge is 0.388 e. The molecule has 2 aliphatic heterocycles. The summed E-state index contributed by atoms with van der Waals surface area (Å²) in [7, 11) is 0. The summed E-state index contributed by atoms with van der Waals surface area (Å²) < 4.78 is 57.5. The van der Waals surface area contributed by atoms with Gasteiger partial charge in [0.1, 0.15) is 36.8 Å². The van der Waals surface area contributed by atoms with Gasteiger partial charge in [0.25, 0.3) is 0 Å². The Labute approximate surface area is 139 Å². The van der Waals surface area contributed by atoms with E-state index >= 15 is 0 Å². The molecule has 0 spiro atoms. The minimum Gasteiger partial charge on any atom is -0.388 e. The highest BCUT2D eigenvalue weighted by Crippen LogP contribution is 2.31. The smallest absolute Gasteiger partial charge is 0.194 e. The average molecular weight is 357 g/mol. The van der Waals surface area contributed by atoms with Crippen molar-refractivity contribution in [1.29, 1.82) is 0 Å². The van der Waals surface area contributed by atoms with Gasteiger partial charge in [-0.25, -0.2) is 17.9 Å². The monoisotopic (exact) mass is 357 g/mol. The standard InChI is InChI=1S/C15H14F3N3O4/c16-8-1-7(2-9(17)13(8)18)10-3-21(20-19-10)14-11(22)4-24-12-5-23-6-25-15(12)14/h1-3,11-12,14-15,22H,4-6H2. The molecule has 0 radical (unpaired) electrons. The molecule has 0 amide bonds. The van der Waals surface area contributed by atoms with E-state index < -0.39 is 35.7 Å². The summed E-state index contributed by atoms with van der Waals surface area (Å²) in [4.78, 5) is 0. The van der Waals surface area contributed by atoms with E-state index in [-0.39, 0.29) is 30.8 Å². The first-order valence-corrected chi connectivity index (χ1v) is 7.60. The number of nitrogens with zero attached hydrogens (tertiary/aromatic N) is 3. The minimum absolute atomic E-state index is 0.0358. The van der Waals surface area contributed by atoms with Crippen LogP contribution >= 0.6 is 0 Å². The Morgan fingerprint density at radius 1 is 1.12 bits per heavy atom. The van der Waals surface area contributed by atoms with Crippen molar-refractivity contribution in [1.82, 2.24) is 15.0 Å². The summed E-state index contributed by atoms with van der Waals surface area (Å²) in [6.45, 7) is 0.445. The Hall–Kier alpha value is -2.01. The van der Waals surface area contributed by atoms with Crippen LogP contribution < -0.4 is 0 Å². The molecule has 2 fully saturated rings. The van der Waals surface area contributed by atoms with Gasteiger partial charge < -0.3 is 19.3 Å². The molecule has 1 aromatic carbocycles. The van der Waals surface area contributed by atoms with Crippen molar-refractivity contribution < 1.29 is 32.5 Å². The third kappa shape index (κ3) is 2.91. The fourth-order valence-corrected chi connectivity index (χ4v) is 3.08. The van der Waals surface area contributed by atoms with Gasteiger partial charge in [0, 0.05) is 5.56 Å². The first kappa shape index (κ1) is 16.5. The molecule has 3 heterocycles. The molecule has 2 aromatic rings. The Bertz CT molecular complexity index is 764. The van der Waals surface area contributed by atoms with Crippen LogP contribution in [-0.4, -0.2) is 58.4 Å². The molecule has 4 rings (SSSR count). The second kappa shape index (κ2) is 6.37. The number of hydrogen-bond acceptors (Lipinski definition) is 6. The molecule has 0 saturated carbocycles. The van der Waals surface area contributed by atoms with E-state index in [9.17, 15) is 18.3 Å². The van der Waals surface area contributed by atoms with Gasteiger partial charge in [-0.05, 0) is 12.1 Å². The third-order valence-corrected chi connectivity index (χ3v) is 4.30. The van der Waals surface area contributed by atoms with Gasteiger partial charge in [-0.15, -0.1) is 5.10 Å². The van der Waals surface area contributed by atoms with E-state index in [1.54, 1.807) is 0 Å². The summed E-state index contributed by atoms with van der Waals surface area (Å²) >= 11 is 0. The topological polar surface area (TPSA) is 78.6 Å². The highest BCUT2D eigenvalue weighted by atomic mass is 19.2. The van der Waals surface area contributed by atoms with Crippen LogP contribution in [0.1, 0.15) is 6.04 Å². The van der Waals surface area contributed by atoms with E-state index in [2.05, 4.69) is 10.3 Å². The third-order valence-electron chi connectivity index (χ3n) is 4.30. The normalized spacial score (nSPS) is 29.4. The summed E-state index contributed by atoms with van der Waals surface area (Å²) in [5.41, 5.74) is 0.175. The maximum atomic E-state index is 13.4. The molecule has 134 valence electrons. The number of halogens is 3. The van der Waals surface area contributed by atoms with E-state index in [0.717, 1.165) is 12.1 Å². The number of rotatable bonds is 2. The quantitative estimate of drug-likeness (QED) is 0.809. The zero-order valence-electron chi connectivity index (χ0n) is 12.8. The second-order valence-corrected chi connectivity index (χ2v) is 5.89. The van der Waals surface area contributed by atoms with Crippen molar-refractivity contribution in [2.45, 2.75) is 24.4 Å². The van der Waals surface area contributed by atoms with Crippen LogP contribution in [0.3, 0.4) is 0 Å². The first-order chi connectivity index (χ1) is 12.0. The molecule has 7 nitrogen and oxygen atoms in total. The molecule has 25 heavy (non-hydrogen) atoms. The number of hydrogen-bond donors (Lipinski definition) is 1. The van der Waals surface area contributed by atoms with Crippen molar-refractivity contribution in [3.63, 3.8) is 0 Å². The molecule has 1 N–H and O–H groups in total. The van der Waals surface area contributed by atoms with Gasteiger partial charge in [-0.2, -0.15) is 0 Å². The number of aliphatic hydroxyl groups is 1. The maximum absolute atomic E-state index is 13.4. The van der Waals surface area contributed by atoms with Crippen LogP contribution in [0.2, 0.25) is 0 Å². The van der Waals surface area contributed by atoms with Crippen LogP contribution in [0.25, 0.3) is 11.3 Å². The highest BCUT2D eigenvalue weighted by Gasteiger charge is 2.44. The van der Waals surface area contributed by atoms with Crippen molar-refractivity contribution >= 4 is 0 Å². The van der Waals surface area contributed by atoms with Crippen LogP contribution in [0.5, 0.6) is 0 Å². The van der Waals surface area contributed by atoms with Gasteiger partial charge in [0.2, 0.25) is 0 Å². The minimum atomic E-state index is -1.55. The van der Waals surface area contributed by atoms with Crippen LogP contribution in [0.4, 0.5) is 13.2 Å². The zero-order chi connectivity index (χ0) is 17.6. The highest BCUT2D eigenvalue weighted by molar-refractivity contribution is 5.57. The molecule has 4 unspecified atom stereocenters. The van der Waals surface area contributed by atoms with Crippen molar-refractivity contribution in [2.75, 3.05) is 20.0 Å². The lowest BCUT2D eigenvalue weighted by molar-refractivity contribution is -0.258. The lowest BCUT2D eigenvalue weighted by Gasteiger charge is -2.42. The van der Waals surface area contributed by atoms with Gasteiger partial charge >= 0.3 is 0 Å². The fourth-order valence-electron chi connectivity index (χ4n) is 3.08. The van der Waals surface area contributed by atoms with Crippen molar-refractivity contribution in [3.05, 3.63) is 35.8 Å².